The molecule has 5 nitrogen and oxygen atoms in total. The molecular weight excluding hydrogens is 270 g/mol. The van der Waals surface area contributed by atoms with E-state index >= 15 is 0 Å². The molecule has 0 aromatic heterocycles. The molecule has 3 aliphatic rings. The van der Waals surface area contributed by atoms with Crippen LogP contribution in [-0.2, 0) is 19.1 Å². The highest BCUT2D eigenvalue weighted by Gasteiger charge is 2.66. The van der Waals surface area contributed by atoms with Gasteiger partial charge in [0, 0.05) is 0 Å². The van der Waals surface area contributed by atoms with Crippen molar-refractivity contribution < 1.29 is 19.1 Å². The lowest BCUT2D eigenvalue weighted by molar-refractivity contribution is -0.165. The molecule has 21 heavy (non-hydrogen) atoms. The van der Waals surface area contributed by atoms with Gasteiger partial charge in [-0.05, 0) is 43.9 Å². The van der Waals surface area contributed by atoms with Gasteiger partial charge in [0.15, 0.2) is 5.54 Å². The molecule has 0 radical (unpaired) electrons. The zero-order valence-electron chi connectivity index (χ0n) is 13.4. The van der Waals surface area contributed by atoms with Crippen LogP contribution in [0.4, 0.5) is 0 Å². The first-order valence-corrected chi connectivity index (χ1v) is 7.52. The summed E-state index contributed by atoms with van der Waals surface area (Å²) in [5.41, 5.74) is -0.510. The molecule has 1 aliphatic heterocycles. The summed E-state index contributed by atoms with van der Waals surface area (Å²) < 4.78 is 10.4. The average Bonchev–Trinajstić information content (AvgIpc) is 2.88. The molecule has 0 aromatic rings. The number of aliphatic imine (C=N–C) groups is 1. The van der Waals surface area contributed by atoms with Gasteiger partial charge in [-0.25, -0.2) is 4.79 Å². The van der Waals surface area contributed by atoms with Gasteiger partial charge < -0.3 is 9.47 Å². The van der Waals surface area contributed by atoms with Crippen molar-refractivity contribution >= 4 is 17.7 Å². The van der Waals surface area contributed by atoms with Gasteiger partial charge >= 0.3 is 11.9 Å². The van der Waals surface area contributed by atoms with E-state index in [0.717, 1.165) is 18.6 Å². The smallest absolute Gasteiger partial charge is 0.335 e. The summed E-state index contributed by atoms with van der Waals surface area (Å²) in [6.07, 6.45) is 1.63. The number of hydrogen-bond donors (Lipinski definition) is 0. The maximum absolute atomic E-state index is 12.4. The van der Waals surface area contributed by atoms with E-state index in [2.05, 4.69) is 23.6 Å². The highest BCUT2D eigenvalue weighted by molar-refractivity contribution is 6.02. The predicted octanol–water partition coefficient (Wildman–Crippen LogP) is 2.13. The molecule has 116 valence electrons. The lowest BCUT2D eigenvalue weighted by Crippen LogP contribution is -2.54. The summed E-state index contributed by atoms with van der Waals surface area (Å²) in [4.78, 5) is 28.6. The second-order valence-corrected chi connectivity index (χ2v) is 7.65. The first-order chi connectivity index (χ1) is 9.62. The number of carbonyl (C=O) groups is 2. The fourth-order valence-electron chi connectivity index (χ4n) is 4.02. The number of ether oxygens (including phenoxy) is 2. The lowest BCUT2D eigenvalue weighted by Gasteiger charge is -2.42. The van der Waals surface area contributed by atoms with Crippen molar-refractivity contribution in [1.29, 1.82) is 0 Å². The first-order valence-electron chi connectivity index (χ1n) is 7.52. The normalized spacial score (nSPS) is 43.1. The predicted molar refractivity (Wildman–Crippen MR) is 77.0 cm³/mol. The van der Waals surface area contributed by atoms with Crippen LogP contribution in [0.2, 0.25) is 0 Å². The SMILES string of the molecule is COC(=O)C[C@]1(C)N=C2C[C@@H]3[C@H](C[C@]2(C)OC1=O)C3(C)C. The van der Waals surface area contributed by atoms with Crippen molar-refractivity contribution in [2.24, 2.45) is 22.2 Å². The Bertz CT molecular complexity index is 552. The highest BCUT2D eigenvalue weighted by atomic mass is 16.6. The van der Waals surface area contributed by atoms with Gasteiger partial charge in [0.2, 0.25) is 0 Å². The van der Waals surface area contributed by atoms with Gasteiger partial charge in [0.1, 0.15) is 5.60 Å². The van der Waals surface area contributed by atoms with Crippen molar-refractivity contribution in [2.45, 2.75) is 58.1 Å². The highest BCUT2D eigenvalue weighted by Crippen LogP contribution is 2.66. The Morgan fingerprint density at radius 2 is 2.00 bits per heavy atom. The summed E-state index contributed by atoms with van der Waals surface area (Å²) in [5.74, 6) is 0.349. The topological polar surface area (TPSA) is 65.0 Å². The molecule has 0 N–H and O–H groups in total. The second kappa shape index (κ2) is 4.08. The van der Waals surface area contributed by atoms with E-state index in [1.54, 1.807) is 6.92 Å². The van der Waals surface area contributed by atoms with E-state index in [9.17, 15) is 9.59 Å². The van der Waals surface area contributed by atoms with Crippen LogP contribution in [0.1, 0.15) is 47.0 Å². The minimum atomic E-state index is -1.15. The van der Waals surface area contributed by atoms with Gasteiger partial charge in [-0.3, -0.25) is 9.79 Å². The zero-order chi connectivity index (χ0) is 15.6. The third-order valence-corrected chi connectivity index (χ3v) is 5.78. The van der Waals surface area contributed by atoms with E-state index < -0.39 is 23.1 Å². The Morgan fingerprint density at radius 1 is 1.33 bits per heavy atom. The molecule has 0 saturated heterocycles. The number of rotatable bonds is 2. The van der Waals surface area contributed by atoms with Crippen molar-refractivity contribution in [1.82, 2.24) is 0 Å². The molecule has 3 rings (SSSR count). The van der Waals surface area contributed by atoms with Crippen molar-refractivity contribution in [3.8, 4) is 0 Å². The van der Waals surface area contributed by atoms with E-state index in [-0.39, 0.29) is 6.42 Å². The standard InChI is InChI=1S/C16H23NO4/c1-14(2)9-6-11-16(4,7-10(9)14)21-13(19)15(3,17-11)8-12(18)20-5/h9-10H,6-8H2,1-5H3/t9-,10+,15+,16+/m1/s1. The number of hydrogen-bond acceptors (Lipinski definition) is 5. The molecule has 2 saturated carbocycles. The monoisotopic (exact) mass is 293 g/mol. The average molecular weight is 293 g/mol. The Hall–Kier alpha value is -1.39. The molecule has 2 aliphatic carbocycles. The number of esters is 2. The maximum atomic E-state index is 12.4. The van der Waals surface area contributed by atoms with Gasteiger partial charge in [-0.2, -0.15) is 0 Å². The number of methoxy groups -OCH3 is 1. The molecular formula is C16H23NO4. The van der Waals surface area contributed by atoms with Gasteiger partial charge in [0.05, 0.1) is 19.2 Å². The molecule has 0 spiro atoms. The number of carbonyl (C=O) groups excluding carboxylic acids is 2. The summed E-state index contributed by atoms with van der Waals surface area (Å²) in [6.45, 7) is 8.13. The van der Waals surface area contributed by atoms with Crippen LogP contribution in [-0.4, -0.2) is 35.9 Å². The van der Waals surface area contributed by atoms with Gasteiger partial charge in [-0.15, -0.1) is 0 Å². The summed E-state index contributed by atoms with van der Waals surface area (Å²) in [7, 11) is 1.31. The molecule has 0 aromatic carbocycles. The van der Waals surface area contributed by atoms with E-state index in [1.165, 1.54) is 7.11 Å². The molecule has 0 amide bonds. The van der Waals surface area contributed by atoms with Crippen molar-refractivity contribution in [3.05, 3.63) is 0 Å². The Kier molecular flexibility index (Phi) is 2.83. The van der Waals surface area contributed by atoms with E-state index in [1.807, 2.05) is 6.92 Å². The van der Waals surface area contributed by atoms with Crippen molar-refractivity contribution in [2.75, 3.05) is 7.11 Å². The van der Waals surface area contributed by atoms with Crippen LogP contribution in [0.3, 0.4) is 0 Å². The van der Waals surface area contributed by atoms with Gasteiger partial charge in [-0.1, -0.05) is 13.8 Å². The van der Waals surface area contributed by atoms with E-state index in [4.69, 9.17) is 4.74 Å². The van der Waals surface area contributed by atoms with Crippen LogP contribution < -0.4 is 0 Å². The summed E-state index contributed by atoms with van der Waals surface area (Å²) >= 11 is 0. The molecule has 0 unspecified atom stereocenters. The summed E-state index contributed by atoms with van der Waals surface area (Å²) in [6, 6.07) is 0. The third kappa shape index (κ3) is 2.00. The van der Waals surface area contributed by atoms with Crippen LogP contribution in [0.15, 0.2) is 4.99 Å². The number of fused-ring (bicyclic) bond motifs is 2. The maximum Gasteiger partial charge on any atom is 0.335 e. The molecule has 4 atom stereocenters. The van der Waals surface area contributed by atoms with Gasteiger partial charge in [0.25, 0.3) is 0 Å². The largest absolute Gasteiger partial charge is 0.469 e. The lowest BCUT2D eigenvalue weighted by atomic mass is 9.81. The Balaban J connectivity index is 1.92. The minimum Gasteiger partial charge on any atom is -0.469 e. The molecule has 0 bridgehead atoms. The van der Waals surface area contributed by atoms with Crippen LogP contribution in [0.5, 0.6) is 0 Å². The number of nitrogens with zero attached hydrogens (tertiary/aromatic N) is 1. The molecule has 2 fully saturated rings. The van der Waals surface area contributed by atoms with Crippen LogP contribution >= 0.6 is 0 Å². The van der Waals surface area contributed by atoms with Crippen LogP contribution in [0.25, 0.3) is 0 Å². The fraction of sp³-hybridized carbons (Fsp3) is 0.812. The first kappa shape index (κ1) is 14.5. The van der Waals surface area contributed by atoms with E-state index in [0.29, 0.717) is 17.3 Å². The summed E-state index contributed by atoms with van der Waals surface area (Å²) in [5, 5.41) is 0. The Morgan fingerprint density at radius 3 is 2.62 bits per heavy atom. The fourth-order valence-corrected chi connectivity index (χ4v) is 4.02. The third-order valence-electron chi connectivity index (χ3n) is 5.78. The Labute approximate surface area is 125 Å². The van der Waals surface area contributed by atoms with Crippen LogP contribution in [0, 0.1) is 17.3 Å². The zero-order valence-corrected chi connectivity index (χ0v) is 13.4. The minimum absolute atomic E-state index is 0.0700. The second-order valence-electron chi connectivity index (χ2n) is 7.65. The molecule has 1 heterocycles. The van der Waals surface area contributed by atoms with Crippen molar-refractivity contribution in [3.63, 3.8) is 0 Å². The quantitative estimate of drug-likeness (QED) is 0.732. The molecule has 5 heteroatoms.